The number of hydrogen-bond acceptors (Lipinski definition) is 3. The van der Waals surface area contributed by atoms with Gasteiger partial charge >= 0.3 is 0 Å². The standard InChI is InChI=1S/C16H27N3/c1-3-13-7-8-15(17)16(12-13)19(2)11-9-14-6-4-5-10-18-14/h4-6,10,13,15-16H,3,7-9,11-12,17H2,1-2H3. The summed E-state index contributed by atoms with van der Waals surface area (Å²) >= 11 is 0. The molecule has 1 heterocycles. The minimum absolute atomic E-state index is 0.344. The Morgan fingerprint density at radius 2 is 2.21 bits per heavy atom. The minimum Gasteiger partial charge on any atom is -0.326 e. The van der Waals surface area contributed by atoms with Crippen molar-refractivity contribution in [3.05, 3.63) is 30.1 Å². The molecule has 3 unspecified atom stereocenters. The summed E-state index contributed by atoms with van der Waals surface area (Å²) in [5.74, 6) is 0.863. The highest BCUT2D eigenvalue weighted by molar-refractivity contribution is 5.04. The minimum atomic E-state index is 0.344. The summed E-state index contributed by atoms with van der Waals surface area (Å²) in [5.41, 5.74) is 7.48. The number of pyridine rings is 1. The van der Waals surface area contributed by atoms with E-state index in [0.717, 1.165) is 18.9 Å². The van der Waals surface area contributed by atoms with E-state index in [1.807, 2.05) is 12.3 Å². The van der Waals surface area contributed by atoms with Crippen LogP contribution in [0.4, 0.5) is 0 Å². The van der Waals surface area contributed by atoms with Gasteiger partial charge in [-0.2, -0.15) is 0 Å². The predicted octanol–water partition coefficient (Wildman–Crippen LogP) is 2.46. The van der Waals surface area contributed by atoms with Crippen molar-refractivity contribution in [2.24, 2.45) is 11.7 Å². The van der Waals surface area contributed by atoms with Crippen LogP contribution in [-0.2, 0) is 6.42 Å². The smallest absolute Gasteiger partial charge is 0.0416 e. The van der Waals surface area contributed by atoms with E-state index in [9.17, 15) is 0 Å². The van der Waals surface area contributed by atoms with Crippen LogP contribution in [0.3, 0.4) is 0 Å². The summed E-state index contributed by atoms with van der Waals surface area (Å²) in [4.78, 5) is 6.83. The third-order valence-corrected chi connectivity index (χ3v) is 4.57. The summed E-state index contributed by atoms with van der Waals surface area (Å²) in [6.07, 6.45) is 7.92. The van der Waals surface area contributed by atoms with Gasteiger partial charge in [-0.05, 0) is 44.4 Å². The van der Waals surface area contributed by atoms with E-state index in [0.29, 0.717) is 12.1 Å². The van der Waals surface area contributed by atoms with Crippen LogP contribution < -0.4 is 5.73 Å². The molecule has 3 nitrogen and oxygen atoms in total. The normalized spacial score (nSPS) is 27.7. The molecule has 0 radical (unpaired) electrons. The van der Waals surface area contributed by atoms with Crippen LogP contribution in [-0.4, -0.2) is 35.6 Å². The van der Waals surface area contributed by atoms with Gasteiger partial charge in [0.1, 0.15) is 0 Å². The number of nitrogens with two attached hydrogens (primary N) is 1. The van der Waals surface area contributed by atoms with E-state index in [4.69, 9.17) is 5.73 Å². The number of likely N-dealkylation sites (N-methyl/N-ethyl adjacent to an activating group) is 1. The fourth-order valence-electron chi connectivity index (χ4n) is 3.14. The lowest BCUT2D eigenvalue weighted by molar-refractivity contribution is 0.136. The van der Waals surface area contributed by atoms with E-state index in [-0.39, 0.29) is 0 Å². The molecule has 1 fully saturated rings. The average Bonchev–Trinajstić information content (AvgIpc) is 2.46. The van der Waals surface area contributed by atoms with Crippen LogP contribution in [0.15, 0.2) is 24.4 Å². The second kappa shape index (κ2) is 7.01. The molecule has 1 aromatic heterocycles. The van der Waals surface area contributed by atoms with Gasteiger partial charge in [-0.25, -0.2) is 0 Å². The molecule has 0 spiro atoms. The van der Waals surface area contributed by atoms with Crippen molar-refractivity contribution in [3.8, 4) is 0 Å². The van der Waals surface area contributed by atoms with Crippen molar-refractivity contribution in [2.75, 3.05) is 13.6 Å². The molecule has 1 aromatic rings. The molecule has 19 heavy (non-hydrogen) atoms. The molecule has 1 aliphatic rings. The number of rotatable bonds is 5. The summed E-state index contributed by atoms with van der Waals surface area (Å²) in [6, 6.07) is 7.01. The molecule has 1 aliphatic carbocycles. The van der Waals surface area contributed by atoms with Crippen molar-refractivity contribution in [1.82, 2.24) is 9.88 Å². The summed E-state index contributed by atoms with van der Waals surface area (Å²) in [6.45, 7) is 3.35. The lowest BCUT2D eigenvalue weighted by atomic mass is 9.81. The Labute approximate surface area is 117 Å². The maximum absolute atomic E-state index is 6.31. The van der Waals surface area contributed by atoms with Gasteiger partial charge in [0.25, 0.3) is 0 Å². The molecule has 2 N–H and O–H groups in total. The van der Waals surface area contributed by atoms with E-state index in [1.165, 1.54) is 31.4 Å². The fourth-order valence-corrected chi connectivity index (χ4v) is 3.14. The van der Waals surface area contributed by atoms with Gasteiger partial charge in [0.05, 0.1) is 0 Å². The Balaban J connectivity index is 1.86. The maximum Gasteiger partial charge on any atom is 0.0416 e. The van der Waals surface area contributed by atoms with E-state index < -0.39 is 0 Å². The lowest BCUT2D eigenvalue weighted by Crippen LogP contribution is -2.50. The highest BCUT2D eigenvalue weighted by Gasteiger charge is 2.29. The number of hydrogen-bond donors (Lipinski definition) is 1. The Morgan fingerprint density at radius 3 is 2.89 bits per heavy atom. The zero-order valence-electron chi connectivity index (χ0n) is 12.3. The van der Waals surface area contributed by atoms with Crippen LogP contribution in [0, 0.1) is 5.92 Å². The molecule has 0 aliphatic heterocycles. The predicted molar refractivity (Wildman–Crippen MR) is 80.0 cm³/mol. The molecule has 2 rings (SSSR count). The first-order valence-electron chi connectivity index (χ1n) is 7.56. The molecule has 0 amide bonds. The molecule has 0 aromatic carbocycles. The van der Waals surface area contributed by atoms with Crippen LogP contribution in [0.2, 0.25) is 0 Å². The van der Waals surface area contributed by atoms with Gasteiger partial charge in [-0.1, -0.05) is 19.4 Å². The van der Waals surface area contributed by atoms with Crippen LogP contribution in [0.25, 0.3) is 0 Å². The SMILES string of the molecule is CCC1CCC(N)C(N(C)CCc2ccccn2)C1. The summed E-state index contributed by atoms with van der Waals surface area (Å²) < 4.78 is 0. The second-order valence-electron chi connectivity index (χ2n) is 5.87. The van der Waals surface area contributed by atoms with Crippen LogP contribution in [0.1, 0.15) is 38.3 Å². The first kappa shape index (κ1) is 14.5. The second-order valence-corrected chi connectivity index (χ2v) is 5.87. The fraction of sp³-hybridized carbons (Fsp3) is 0.688. The Hall–Kier alpha value is -0.930. The zero-order valence-corrected chi connectivity index (χ0v) is 12.3. The van der Waals surface area contributed by atoms with Crippen LogP contribution in [0.5, 0.6) is 0 Å². The van der Waals surface area contributed by atoms with Gasteiger partial charge in [0, 0.05) is 36.9 Å². The van der Waals surface area contributed by atoms with Crippen molar-refractivity contribution in [3.63, 3.8) is 0 Å². The molecule has 0 saturated heterocycles. The topological polar surface area (TPSA) is 42.1 Å². The van der Waals surface area contributed by atoms with Crippen molar-refractivity contribution in [2.45, 2.75) is 51.1 Å². The largest absolute Gasteiger partial charge is 0.326 e. The van der Waals surface area contributed by atoms with Gasteiger partial charge < -0.3 is 10.6 Å². The molecular formula is C16H27N3. The molecule has 1 saturated carbocycles. The Bertz CT molecular complexity index is 366. The first-order valence-corrected chi connectivity index (χ1v) is 7.56. The third kappa shape index (κ3) is 4.02. The van der Waals surface area contributed by atoms with Gasteiger partial charge in [-0.3, -0.25) is 4.98 Å². The van der Waals surface area contributed by atoms with Crippen molar-refractivity contribution >= 4 is 0 Å². The average molecular weight is 261 g/mol. The molecule has 0 bridgehead atoms. The van der Waals surface area contributed by atoms with Crippen LogP contribution >= 0.6 is 0 Å². The Morgan fingerprint density at radius 1 is 1.37 bits per heavy atom. The number of nitrogens with zero attached hydrogens (tertiary/aromatic N) is 2. The quantitative estimate of drug-likeness (QED) is 0.885. The molecular weight excluding hydrogens is 234 g/mol. The van der Waals surface area contributed by atoms with E-state index >= 15 is 0 Å². The molecule has 3 heteroatoms. The lowest BCUT2D eigenvalue weighted by Gasteiger charge is -2.39. The van der Waals surface area contributed by atoms with Gasteiger partial charge in [0.2, 0.25) is 0 Å². The maximum atomic E-state index is 6.31. The third-order valence-electron chi connectivity index (χ3n) is 4.57. The van der Waals surface area contributed by atoms with E-state index in [2.05, 4.69) is 36.0 Å². The molecule has 3 atom stereocenters. The number of aromatic nitrogens is 1. The summed E-state index contributed by atoms with van der Waals surface area (Å²) in [5, 5.41) is 0. The van der Waals surface area contributed by atoms with Crippen molar-refractivity contribution in [1.29, 1.82) is 0 Å². The van der Waals surface area contributed by atoms with Crippen molar-refractivity contribution < 1.29 is 0 Å². The molecule has 106 valence electrons. The summed E-state index contributed by atoms with van der Waals surface area (Å²) in [7, 11) is 2.21. The highest BCUT2D eigenvalue weighted by atomic mass is 15.1. The van der Waals surface area contributed by atoms with E-state index in [1.54, 1.807) is 0 Å². The first-order chi connectivity index (χ1) is 9.20. The Kier molecular flexibility index (Phi) is 5.34. The highest BCUT2D eigenvalue weighted by Crippen LogP contribution is 2.28. The zero-order chi connectivity index (χ0) is 13.7. The van der Waals surface area contributed by atoms with Gasteiger partial charge in [0.15, 0.2) is 0 Å². The monoisotopic (exact) mass is 261 g/mol. The van der Waals surface area contributed by atoms with Gasteiger partial charge in [-0.15, -0.1) is 0 Å².